The maximum Gasteiger partial charge on any atom is 0.244 e. The highest BCUT2D eigenvalue weighted by atomic mass is 32.2. The van der Waals surface area contributed by atoms with E-state index in [9.17, 15) is 19.5 Å². The van der Waals surface area contributed by atoms with Crippen LogP contribution in [0, 0.1) is 23.7 Å². The summed E-state index contributed by atoms with van der Waals surface area (Å²) in [5.41, 5.74) is 0.980. The van der Waals surface area contributed by atoms with Gasteiger partial charge in [-0.1, -0.05) is 51.1 Å². The maximum atomic E-state index is 13.9. The Labute approximate surface area is 193 Å². The van der Waals surface area contributed by atoms with Gasteiger partial charge in [-0.15, -0.1) is 11.8 Å². The summed E-state index contributed by atoms with van der Waals surface area (Å²) >= 11 is 1.65. The van der Waals surface area contributed by atoms with Gasteiger partial charge in [-0.2, -0.15) is 0 Å². The Morgan fingerprint density at radius 2 is 1.94 bits per heavy atom. The van der Waals surface area contributed by atoms with Crippen molar-refractivity contribution in [2.24, 2.45) is 23.7 Å². The Bertz CT molecular complexity index is 894. The number of nitrogens with zero attached hydrogens (tertiary/aromatic N) is 1. The Kier molecular flexibility index (Phi) is 6.29. The van der Waals surface area contributed by atoms with Crippen LogP contribution in [0.2, 0.25) is 0 Å². The van der Waals surface area contributed by atoms with Crippen LogP contribution in [0.15, 0.2) is 30.3 Å². The van der Waals surface area contributed by atoms with Gasteiger partial charge in [-0.05, 0) is 23.8 Å². The van der Waals surface area contributed by atoms with Crippen LogP contribution in [0.25, 0.3) is 0 Å². The van der Waals surface area contributed by atoms with E-state index >= 15 is 0 Å². The van der Waals surface area contributed by atoms with Crippen LogP contribution >= 0.6 is 11.8 Å². The van der Waals surface area contributed by atoms with E-state index in [1.165, 1.54) is 0 Å². The summed E-state index contributed by atoms with van der Waals surface area (Å²) in [6, 6.07) is 8.47. The lowest BCUT2D eigenvalue weighted by Crippen LogP contribution is -2.59. The van der Waals surface area contributed by atoms with Crippen LogP contribution in [-0.4, -0.2) is 63.5 Å². The number of benzene rings is 1. The molecule has 1 aromatic rings. The molecule has 3 unspecified atom stereocenters. The summed E-state index contributed by atoms with van der Waals surface area (Å²) in [5, 5.41) is 16.0. The lowest BCUT2D eigenvalue weighted by molar-refractivity contribution is -0.143. The zero-order valence-electron chi connectivity index (χ0n) is 19.1. The average molecular weight is 460 g/mol. The second-order valence-electron chi connectivity index (χ2n) is 9.61. The first kappa shape index (κ1) is 23.1. The number of thioether (sulfide) groups is 1. The highest BCUT2D eigenvalue weighted by molar-refractivity contribution is 8.02. The molecule has 1 spiro atoms. The minimum atomic E-state index is -0.720. The zero-order valence-corrected chi connectivity index (χ0v) is 19.9. The molecule has 3 saturated heterocycles. The molecule has 8 heteroatoms. The Morgan fingerprint density at radius 1 is 1.25 bits per heavy atom. The molecule has 7 nitrogen and oxygen atoms in total. The van der Waals surface area contributed by atoms with Crippen molar-refractivity contribution >= 4 is 29.5 Å². The molecule has 32 heavy (non-hydrogen) atoms. The summed E-state index contributed by atoms with van der Waals surface area (Å²) < 4.78 is -0.665. The first-order chi connectivity index (χ1) is 15.3. The number of fused-ring (bicyclic) bond motifs is 1. The summed E-state index contributed by atoms with van der Waals surface area (Å²) in [7, 11) is 1.60. The standard InChI is InChI=1S/C24H33N3O4S/c1-13(2)16(12-28)27-20(22(30)26-11-15-8-6-5-7-9-15)24-14(3)10-17(32-24)18(21(29)25-4)19(24)23(27)31/h5-9,13-14,16-20,28H,10-12H2,1-4H3,(H,25,29)(H,26,30)/t14?,16-,17-,18+,19-,20?,24?/m0/s1. The molecule has 1 aromatic carbocycles. The van der Waals surface area contributed by atoms with Gasteiger partial charge in [0.2, 0.25) is 17.7 Å². The fourth-order valence-corrected chi connectivity index (χ4v) is 8.49. The highest BCUT2D eigenvalue weighted by Crippen LogP contribution is 2.68. The van der Waals surface area contributed by atoms with Crippen molar-refractivity contribution in [3.8, 4) is 0 Å². The minimum absolute atomic E-state index is 0.0251. The van der Waals surface area contributed by atoms with Crippen molar-refractivity contribution in [1.82, 2.24) is 15.5 Å². The third-order valence-electron chi connectivity index (χ3n) is 7.60. The molecule has 174 valence electrons. The molecule has 3 amide bonds. The normalized spacial score (nSPS) is 34.0. The van der Waals surface area contributed by atoms with Crippen LogP contribution in [-0.2, 0) is 20.9 Å². The van der Waals surface area contributed by atoms with Gasteiger partial charge in [0.25, 0.3) is 0 Å². The Hall–Kier alpha value is -2.06. The molecule has 3 aliphatic heterocycles. The van der Waals surface area contributed by atoms with Gasteiger partial charge in [-0.3, -0.25) is 14.4 Å². The van der Waals surface area contributed by atoms with Crippen molar-refractivity contribution < 1.29 is 19.5 Å². The van der Waals surface area contributed by atoms with Crippen molar-refractivity contribution in [2.45, 2.75) is 55.8 Å². The van der Waals surface area contributed by atoms with E-state index in [1.807, 2.05) is 44.2 Å². The fraction of sp³-hybridized carbons (Fsp3) is 0.625. The second kappa shape index (κ2) is 8.71. The number of carbonyl (C=O) groups is 3. The smallest absolute Gasteiger partial charge is 0.244 e. The number of carbonyl (C=O) groups excluding carboxylic acids is 3. The number of amides is 3. The number of likely N-dealkylation sites (tertiary alicyclic amines) is 1. The maximum absolute atomic E-state index is 13.9. The van der Waals surface area contributed by atoms with E-state index in [4.69, 9.17) is 0 Å². The molecule has 3 N–H and O–H groups in total. The predicted octanol–water partition coefficient (Wildman–Crippen LogP) is 1.40. The van der Waals surface area contributed by atoms with Gasteiger partial charge < -0.3 is 20.6 Å². The molecule has 7 atom stereocenters. The third-order valence-corrected chi connectivity index (χ3v) is 9.68. The van der Waals surface area contributed by atoms with Gasteiger partial charge in [0, 0.05) is 18.8 Å². The van der Waals surface area contributed by atoms with Crippen LogP contribution < -0.4 is 10.6 Å². The van der Waals surface area contributed by atoms with Crippen LogP contribution in [0.4, 0.5) is 0 Å². The first-order valence-corrected chi connectivity index (χ1v) is 12.3. The number of nitrogens with one attached hydrogen (secondary N) is 2. The highest BCUT2D eigenvalue weighted by Gasteiger charge is 2.76. The molecule has 3 aliphatic rings. The van der Waals surface area contributed by atoms with E-state index in [-0.39, 0.29) is 41.4 Å². The van der Waals surface area contributed by atoms with Crippen LogP contribution in [0.3, 0.4) is 0 Å². The largest absolute Gasteiger partial charge is 0.394 e. The van der Waals surface area contributed by atoms with Crippen LogP contribution in [0.5, 0.6) is 0 Å². The second-order valence-corrected chi connectivity index (χ2v) is 11.2. The van der Waals surface area contributed by atoms with Gasteiger partial charge >= 0.3 is 0 Å². The average Bonchev–Trinajstić information content (AvgIpc) is 3.37. The van der Waals surface area contributed by atoms with E-state index in [1.54, 1.807) is 23.7 Å². The fourth-order valence-electron chi connectivity index (χ4n) is 6.08. The van der Waals surface area contributed by atoms with Crippen molar-refractivity contribution in [3.05, 3.63) is 35.9 Å². The zero-order chi connectivity index (χ0) is 23.2. The van der Waals surface area contributed by atoms with E-state index in [0.29, 0.717) is 6.54 Å². The lowest BCUT2D eigenvalue weighted by atomic mass is 9.66. The topological polar surface area (TPSA) is 98.7 Å². The third kappa shape index (κ3) is 3.34. The summed E-state index contributed by atoms with van der Waals surface area (Å²) in [5.74, 6) is -1.44. The van der Waals surface area contributed by atoms with E-state index in [0.717, 1.165) is 12.0 Å². The molecular formula is C24H33N3O4S. The number of hydrogen-bond donors (Lipinski definition) is 3. The van der Waals surface area contributed by atoms with Gasteiger partial charge in [0.1, 0.15) is 6.04 Å². The summed E-state index contributed by atoms with van der Waals surface area (Å²) in [4.78, 5) is 42.1. The number of hydrogen-bond acceptors (Lipinski definition) is 5. The van der Waals surface area contributed by atoms with Crippen molar-refractivity contribution in [1.29, 1.82) is 0 Å². The van der Waals surface area contributed by atoms with E-state index < -0.39 is 28.7 Å². The Balaban J connectivity index is 1.74. The molecule has 0 aromatic heterocycles. The predicted molar refractivity (Wildman–Crippen MR) is 124 cm³/mol. The number of aliphatic hydroxyl groups excluding tert-OH is 1. The first-order valence-electron chi connectivity index (χ1n) is 11.4. The molecule has 0 aliphatic carbocycles. The SMILES string of the molecule is CNC(=O)[C@@H]1[C@@H]2CC(C)C3(S2)C(C(=O)NCc2ccccc2)N([C@@H](CO)C(C)C)C(=O)[C@H]13. The van der Waals surface area contributed by atoms with Crippen LogP contribution in [0.1, 0.15) is 32.8 Å². The number of aliphatic hydroxyl groups is 1. The van der Waals surface area contributed by atoms with Crippen molar-refractivity contribution in [2.75, 3.05) is 13.7 Å². The van der Waals surface area contributed by atoms with Gasteiger partial charge in [0.15, 0.2) is 0 Å². The van der Waals surface area contributed by atoms with Gasteiger partial charge in [-0.25, -0.2) is 0 Å². The molecule has 3 heterocycles. The Morgan fingerprint density at radius 3 is 2.53 bits per heavy atom. The van der Waals surface area contributed by atoms with E-state index in [2.05, 4.69) is 17.6 Å². The summed E-state index contributed by atoms with van der Waals surface area (Å²) in [6.45, 7) is 6.14. The number of rotatable bonds is 7. The molecule has 4 rings (SSSR count). The molecule has 3 fully saturated rings. The molecule has 0 saturated carbocycles. The van der Waals surface area contributed by atoms with Crippen molar-refractivity contribution in [3.63, 3.8) is 0 Å². The van der Waals surface area contributed by atoms with Gasteiger partial charge in [0.05, 0.1) is 29.2 Å². The molecular weight excluding hydrogens is 426 g/mol. The minimum Gasteiger partial charge on any atom is -0.394 e. The monoisotopic (exact) mass is 459 g/mol. The molecule has 0 radical (unpaired) electrons. The summed E-state index contributed by atoms with van der Waals surface area (Å²) in [6.07, 6.45) is 0.800. The quantitative estimate of drug-likeness (QED) is 0.573. The lowest BCUT2D eigenvalue weighted by Gasteiger charge is -2.40. The molecule has 2 bridgehead atoms.